The van der Waals surface area contributed by atoms with Gasteiger partial charge in [0.25, 0.3) is 0 Å². The number of hydrogen-bond donors (Lipinski definition) is 3. The van der Waals surface area contributed by atoms with Crippen molar-refractivity contribution >= 4 is 28.3 Å². The predicted octanol–water partition coefficient (Wildman–Crippen LogP) is 3.96. The molecule has 0 radical (unpaired) electrons. The number of nitrogens with one attached hydrogen (secondary N) is 3. The molecule has 1 fully saturated rings. The van der Waals surface area contributed by atoms with Gasteiger partial charge in [-0.2, -0.15) is 5.10 Å². The maximum Gasteiger partial charge on any atom is 0.140 e. The SMILES string of the molecule is Clc1c[nH]c2ncc(-c3cn[nH]c3)c(NC3CCCC3)c12. The number of nitrogens with zero attached hydrogens (tertiary/aromatic N) is 2. The molecule has 4 rings (SSSR count). The summed E-state index contributed by atoms with van der Waals surface area (Å²) in [7, 11) is 0. The Bertz CT molecular complexity index is 756. The van der Waals surface area contributed by atoms with Gasteiger partial charge in [-0.1, -0.05) is 24.4 Å². The molecule has 5 nitrogen and oxygen atoms in total. The minimum atomic E-state index is 0.507. The molecule has 1 saturated carbocycles. The van der Waals surface area contributed by atoms with E-state index in [0.717, 1.165) is 27.8 Å². The molecule has 0 amide bonds. The minimum Gasteiger partial charge on any atom is -0.381 e. The van der Waals surface area contributed by atoms with E-state index in [-0.39, 0.29) is 0 Å². The normalized spacial score (nSPS) is 15.9. The van der Waals surface area contributed by atoms with Gasteiger partial charge in [-0.15, -0.1) is 0 Å². The standard InChI is InChI=1S/C15H16ClN5/c16-12-8-18-15-13(12)14(21-10-3-1-2-4-10)11(7-17-15)9-5-19-20-6-9/h5-8,10H,1-4H2,(H,19,20)(H2,17,18,21). The van der Waals surface area contributed by atoms with Crippen LogP contribution in [0.4, 0.5) is 5.69 Å². The lowest BCUT2D eigenvalue weighted by molar-refractivity contribution is 0.757. The molecule has 1 aliphatic carbocycles. The molecule has 3 aromatic heterocycles. The van der Waals surface area contributed by atoms with Crippen molar-refractivity contribution in [1.82, 2.24) is 20.2 Å². The predicted molar refractivity (Wildman–Crippen MR) is 84.6 cm³/mol. The Morgan fingerprint density at radius 2 is 2.05 bits per heavy atom. The Labute approximate surface area is 127 Å². The van der Waals surface area contributed by atoms with Crippen LogP contribution in [0.25, 0.3) is 22.2 Å². The number of halogens is 1. The van der Waals surface area contributed by atoms with Crippen LogP contribution in [0, 0.1) is 0 Å². The third kappa shape index (κ3) is 2.17. The van der Waals surface area contributed by atoms with Crippen molar-refractivity contribution in [3.8, 4) is 11.1 Å². The highest BCUT2D eigenvalue weighted by Gasteiger charge is 2.20. The monoisotopic (exact) mass is 301 g/mol. The van der Waals surface area contributed by atoms with E-state index in [1.54, 1.807) is 6.20 Å². The van der Waals surface area contributed by atoms with Gasteiger partial charge in [0.2, 0.25) is 0 Å². The second-order valence-electron chi connectivity index (χ2n) is 5.52. The number of fused-ring (bicyclic) bond motifs is 1. The first kappa shape index (κ1) is 12.7. The van der Waals surface area contributed by atoms with Gasteiger partial charge in [-0.25, -0.2) is 4.98 Å². The summed E-state index contributed by atoms with van der Waals surface area (Å²) >= 11 is 6.36. The van der Waals surface area contributed by atoms with E-state index in [9.17, 15) is 0 Å². The molecule has 3 aromatic rings. The van der Waals surface area contributed by atoms with Crippen molar-refractivity contribution in [1.29, 1.82) is 0 Å². The Morgan fingerprint density at radius 1 is 1.19 bits per heavy atom. The van der Waals surface area contributed by atoms with E-state index >= 15 is 0 Å². The molecular formula is C15H16ClN5. The molecule has 3 N–H and O–H groups in total. The summed E-state index contributed by atoms with van der Waals surface area (Å²) in [6.45, 7) is 0. The van der Waals surface area contributed by atoms with Crippen molar-refractivity contribution in [2.24, 2.45) is 0 Å². The molecule has 0 spiro atoms. The summed E-state index contributed by atoms with van der Waals surface area (Å²) < 4.78 is 0. The summed E-state index contributed by atoms with van der Waals surface area (Å²) in [4.78, 5) is 7.59. The van der Waals surface area contributed by atoms with E-state index < -0.39 is 0 Å². The molecule has 0 unspecified atom stereocenters. The first-order valence-electron chi connectivity index (χ1n) is 7.24. The van der Waals surface area contributed by atoms with Crippen molar-refractivity contribution in [3.05, 3.63) is 29.8 Å². The van der Waals surface area contributed by atoms with Crippen LogP contribution in [-0.2, 0) is 0 Å². The van der Waals surface area contributed by atoms with E-state index in [0.29, 0.717) is 11.1 Å². The van der Waals surface area contributed by atoms with Gasteiger partial charge in [-0.05, 0) is 12.8 Å². The molecular weight excluding hydrogens is 286 g/mol. The summed E-state index contributed by atoms with van der Waals surface area (Å²) in [6, 6.07) is 0.507. The molecule has 0 bridgehead atoms. The van der Waals surface area contributed by atoms with Crippen LogP contribution in [0.1, 0.15) is 25.7 Å². The average Bonchev–Trinajstić information content (AvgIpc) is 3.21. The third-order valence-corrected chi connectivity index (χ3v) is 4.46. The quantitative estimate of drug-likeness (QED) is 0.686. The Kier molecular flexibility index (Phi) is 3.07. The number of hydrogen-bond acceptors (Lipinski definition) is 3. The van der Waals surface area contributed by atoms with E-state index in [2.05, 4.69) is 25.5 Å². The fourth-order valence-corrected chi connectivity index (χ4v) is 3.34. The van der Waals surface area contributed by atoms with Gasteiger partial charge in [0, 0.05) is 35.8 Å². The maximum absolute atomic E-state index is 6.36. The van der Waals surface area contributed by atoms with Crippen LogP contribution in [0.5, 0.6) is 0 Å². The van der Waals surface area contributed by atoms with Gasteiger partial charge in [0.05, 0.1) is 22.3 Å². The number of aromatic amines is 2. The third-order valence-electron chi connectivity index (χ3n) is 4.17. The number of aromatic nitrogens is 4. The molecule has 0 atom stereocenters. The van der Waals surface area contributed by atoms with Crippen LogP contribution in [0.2, 0.25) is 5.02 Å². The van der Waals surface area contributed by atoms with Crippen LogP contribution in [-0.4, -0.2) is 26.2 Å². The van der Waals surface area contributed by atoms with Gasteiger partial charge < -0.3 is 10.3 Å². The fourth-order valence-electron chi connectivity index (χ4n) is 3.10. The lowest BCUT2D eigenvalue weighted by atomic mass is 10.1. The van der Waals surface area contributed by atoms with Crippen LogP contribution in [0.15, 0.2) is 24.8 Å². The van der Waals surface area contributed by atoms with Gasteiger partial charge in [-0.3, -0.25) is 5.10 Å². The number of anilines is 1. The smallest absolute Gasteiger partial charge is 0.140 e. The minimum absolute atomic E-state index is 0.507. The van der Waals surface area contributed by atoms with Crippen LogP contribution in [0.3, 0.4) is 0 Å². The Hall–Kier alpha value is -2.01. The van der Waals surface area contributed by atoms with Gasteiger partial charge in [0.15, 0.2) is 0 Å². The number of H-pyrrole nitrogens is 2. The zero-order valence-corrected chi connectivity index (χ0v) is 12.2. The van der Waals surface area contributed by atoms with Crippen LogP contribution < -0.4 is 5.32 Å². The first-order chi connectivity index (χ1) is 10.3. The lowest BCUT2D eigenvalue weighted by Gasteiger charge is -2.17. The maximum atomic E-state index is 6.36. The molecule has 108 valence electrons. The highest BCUT2D eigenvalue weighted by Crippen LogP contribution is 2.38. The molecule has 0 aromatic carbocycles. The van der Waals surface area contributed by atoms with Gasteiger partial charge in [0.1, 0.15) is 5.65 Å². The van der Waals surface area contributed by atoms with Crippen molar-refractivity contribution in [2.45, 2.75) is 31.7 Å². The zero-order chi connectivity index (χ0) is 14.2. The summed E-state index contributed by atoms with van der Waals surface area (Å²) in [6.07, 6.45) is 12.3. The van der Waals surface area contributed by atoms with E-state index in [4.69, 9.17) is 11.6 Å². The average molecular weight is 302 g/mol. The lowest BCUT2D eigenvalue weighted by Crippen LogP contribution is -2.15. The molecule has 0 saturated heterocycles. The van der Waals surface area contributed by atoms with E-state index in [1.165, 1.54) is 25.7 Å². The van der Waals surface area contributed by atoms with Crippen LogP contribution >= 0.6 is 11.6 Å². The summed E-state index contributed by atoms with van der Waals surface area (Å²) in [5.41, 5.74) is 3.92. The highest BCUT2D eigenvalue weighted by molar-refractivity contribution is 6.36. The number of pyridine rings is 1. The summed E-state index contributed by atoms with van der Waals surface area (Å²) in [5, 5.41) is 12.2. The summed E-state index contributed by atoms with van der Waals surface area (Å²) in [5.74, 6) is 0. The van der Waals surface area contributed by atoms with Crippen molar-refractivity contribution in [2.75, 3.05) is 5.32 Å². The zero-order valence-electron chi connectivity index (χ0n) is 11.5. The Balaban J connectivity index is 1.89. The molecule has 6 heteroatoms. The molecule has 3 heterocycles. The Morgan fingerprint density at radius 3 is 2.81 bits per heavy atom. The van der Waals surface area contributed by atoms with Gasteiger partial charge >= 0.3 is 0 Å². The largest absolute Gasteiger partial charge is 0.381 e. The van der Waals surface area contributed by atoms with Crippen molar-refractivity contribution in [3.63, 3.8) is 0 Å². The fraction of sp³-hybridized carbons (Fsp3) is 0.333. The second-order valence-corrected chi connectivity index (χ2v) is 5.93. The number of rotatable bonds is 3. The van der Waals surface area contributed by atoms with Crippen molar-refractivity contribution < 1.29 is 0 Å². The molecule has 1 aliphatic rings. The molecule has 0 aliphatic heterocycles. The highest BCUT2D eigenvalue weighted by atomic mass is 35.5. The second kappa shape index (κ2) is 5.07. The topological polar surface area (TPSA) is 69.4 Å². The molecule has 21 heavy (non-hydrogen) atoms. The van der Waals surface area contributed by atoms with E-state index in [1.807, 2.05) is 18.6 Å². The first-order valence-corrected chi connectivity index (χ1v) is 7.62.